The molecule has 0 saturated carbocycles. The summed E-state index contributed by atoms with van der Waals surface area (Å²) in [6.07, 6.45) is 8.56. The van der Waals surface area contributed by atoms with Crippen LogP contribution in [0.4, 0.5) is 5.82 Å². The molecule has 0 radical (unpaired) electrons. The summed E-state index contributed by atoms with van der Waals surface area (Å²) in [5.74, 6) is 1.54. The molecule has 3 aromatic heterocycles. The molecular formula is C28H29N7O3. The lowest BCUT2D eigenvalue weighted by atomic mass is 9.71. The first kappa shape index (κ1) is 24.0. The van der Waals surface area contributed by atoms with E-state index < -0.39 is 0 Å². The summed E-state index contributed by atoms with van der Waals surface area (Å²) in [5, 5.41) is 13.6. The molecule has 3 aromatic rings. The number of piperidine rings is 1. The SMILES string of the molecule is C=CC(=O)N1CC(C(=O)N2CCC3(CC2)CN(c2ccc(-c4cc(OC)c5c(C#N)cnn5c4)cn2)C3)C1. The zero-order valence-corrected chi connectivity index (χ0v) is 21.3. The summed E-state index contributed by atoms with van der Waals surface area (Å²) in [6, 6.07) is 8.13. The van der Waals surface area contributed by atoms with Crippen LogP contribution < -0.4 is 9.64 Å². The molecule has 0 atom stereocenters. The molecule has 10 nitrogen and oxygen atoms in total. The molecule has 0 unspecified atom stereocenters. The maximum Gasteiger partial charge on any atom is 0.246 e. The van der Waals surface area contributed by atoms with E-state index in [-0.39, 0.29) is 23.1 Å². The van der Waals surface area contributed by atoms with E-state index in [0.29, 0.717) is 29.9 Å². The Morgan fingerprint density at radius 2 is 1.92 bits per heavy atom. The maximum absolute atomic E-state index is 12.8. The van der Waals surface area contributed by atoms with E-state index in [1.54, 1.807) is 16.5 Å². The molecule has 3 saturated heterocycles. The Labute approximate surface area is 220 Å². The number of rotatable bonds is 5. The number of nitriles is 1. The highest BCUT2D eigenvalue weighted by molar-refractivity contribution is 5.90. The van der Waals surface area contributed by atoms with Gasteiger partial charge in [0.1, 0.15) is 28.7 Å². The number of hydrogen-bond acceptors (Lipinski definition) is 7. The highest BCUT2D eigenvalue weighted by atomic mass is 16.5. The number of carbonyl (C=O) groups is 2. The van der Waals surface area contributed by atoms with Gasteiger partial charge in [-0.3, -0.25) is 9.59 Å². The Kier molecular flexibility index (Phi) is 5.79. The molecule has 0 aliphatic carbocycles. The first-order valence-electron chi connectivity index (χ1n) is 12.8. The molecule has 3 aliphatic heterocycles. The molecule has 0 N–H and O–H groups in total. The quantitative estimate of drug-likeness (QED) is 0.484. The topological polar surface area (TPSA) is 107 Å². The van der Waals surface area contributed by atoms with Gasteiger partial charge in [-0.2, -0.15) is 10.4 Å². The highest BCUT2D eigenvalue weighted by Gasteiger charge is 2.47. The summed E-state index contributed by atoms with van der Waals surface area (Å²) >= 11 is 0. The monoisotopic (exact) mass is 511 g/mol. The number of methoxy groups -OCH3 is 1. The van der Waals surface area contributed by atoms with E-state index in [9.17, 15) is 14.9 Å². The third kappa shape index (κ3) is 3.95. The van der Waals surface area contributed by atoms with E-state index in [4.69, 9.17) is 9.72 Å². The zero-order valence-electron chi connectivity index (χ0n) is 21.3. The van der Waals surface area contributed by atoms with Crippen LogP contribution in [0.15, 0.2) is 49.4 Å². The predicted molar refractivity (Wildman–Crippen MR) is 140 cm³/mol. The van der Waals surface area contributed by atoms with Crippen LogP contribution in [-0.4, -0.2) is 82.6 Å². The van der Waals surface area contributed by atoms with E-state index >= 15 is 0 Å². The predicted octanol–water partition coefficient (Wildman–Crippen LogP) is 2.35. The molecule has 6 rings (SSSR count). The maximum atomic E-state index is 12.8. The number of likely N-dealkylation sites (tertiary alicyclic amines) is 2. The Hall–Kier alpha value is -4.39. The van der Waals surface area contributed by atoms with Crippen LogP contribution >= 0.6 is 0 Å². The molecule has 0 aromatic carbocycles. The van der Waals surface area contributed by atoms with E-state index in [0.717, 1.165) is 56.0 Å². The number of carbonyl (C=O) groups excluding carboxylic acids is 2. The summed E-state index contributed by atoms with van der Waals surface area (Å²) < 4.78 is 7.19. The molecule has 3 fully saturated rings. The molecular weight excluding hydrogens is 482 g/mol. The van der Waals surface area contributed by atoms with E-state index in [2.05, 4.69) is 22.6 Å². The Morgan fingerprint density at radius 3 is 2.55 bits per heavy atom. The molecule has 2 amide bonds. The fourth-order valence-electron chi connectivity index (χ4n) is 5.87. The normalized spacial score (nSPS) is 18.6. The van der Waals surface area contributed by atoms with E-state index in [1.165, 1.54) is 12.3 Å². The van der Waals surface area contributed by atoms with Gasteiger partial charge in [-0.1, -0.05) is 6.58 Å². The van der Waals surface area contributed by atoms with Crippen molar-refractivity contribution in [2.24, 2.45) is 11.3 Å². The molecule has 194 valence electrons. The molecule has 38 heavy (non-hydrogen) atoms. The summed E-state index contributed by atoms with van der Waals surface area (Å²) in [5.41, 5.74) is 3.20. The van der Waals surface area contributed by atoms with Crippen molar-refractivity contribution >= 4 is 23.1 Å². The van der Waals surface area contributed by atoms with Gasteiger partial charge in [-0.05, 0) is 37.1 Å². The summed E-state index contributed by atoms with van der Waals surface area (Å²) in [7, 11) is 1.59. The van der Waals surface area contributed by atoms with Crippen molar-refractivity contribution in [1.82, 2.24) is 24.4 Å². The van der Waals surface area contributed by atoms with Crippen molar-refractivity contribution in [2.75, 3.05) is 51.3 Å². The van der Waals surface area contributed by atoms with Crippen molar-refractivity contribution < 1.29 is 14.3 Å². The second kappa shape index (κ2) is 9.17. The number of fused-ring (bicyclic) bond motifs is 1. The van der Waals surface area contributed by atoms with Crippen molar-refractivity contribution in [3.8, 4) is 22.9 Å². The number of pyridine rings is 2. The second-order valence-corrected chi connectivity index (χ2v) is 10.5. The number of ether oxygens (including phenoxy) is 1. The van der Waals surface area contributed by atoms with Gasteiger partial charge in [0.15, 0.2) is 0 Å². The van der Waals surface area contributed by atoms with Crippen LogP contribution in [0.5, 0.6) is 5.75 Å². The van der Waals surface area contributed by atoms with Gasteiger partial charge in [-0.25, -0.2) is 9.50 Å². The molecule has 3 aliphatic rings. The Morgan fingerprint density at radius 1 is 1.16 bits per heavy atom. The fraction of sp³-hybridized carbons (Fsp3) is 0.393. The zero-order chi connectivity index (χ0) is 26.4. The smallest absolute Gasteiger partial charge is 0.246 e. The Balaban J connectivity index is 1.05. The van der Waals surface area contributed by atoms with Crippen molar-refractivity contribution in [1.29, 1.82) is 5.26 Å². The minimum atomic E-state index is -0.101. The summed E-state index contributed by atoms with van der Waals surface area (Å²) in [4.78, 5) is 35.1. The lowest BCUT2D eigenvalue weighted by molar-refractivity contribution is -0.148. The standard InChI is InChI=1S/C28H29N7O3/c1-3-25(36)33-14-22(15-33)27(37)32-8-6-28(7-9-32)17-34(18-28)24-5-4-19(12-30-24)20-10-23(38-2)26-21(11-29)13-31-35(26)16-20/h3-5,10,12-13,16,22H,1,6-9,14-15,17-18H2,2H3. The first-order valence-corrected chi connectivity index (χ1v) is 12.8. The van der Waals surface area contributed by atoms with Crippen molar-refractivity contribution in [3.05, 3.63) is 55.0 Å². The van der Waals surface area contributed by atoms with E-state index in [1.807, 2.05) is 35.5 Å². The van der Waals surface area contributed by atoms with Gasteiger partial charge in [-0.15, -0.1) is 0 Å². The Bertz CT molecular complexity index is 1450. The van der Waals surface area contributed by atoms with Crippen LogP contribution in [0.2, 0.25) is 0 Å². The largest absolute Gasteiger partial charge is 0.494 e. The van der Waals surface area contributed by atoms with Crippen LogP contribution in [0, 0.1) is 22.7 Å². The average molecular weight is 512 g/mol. The van der Waals surface area contributed by atoms with Crippen molar-refractivity contribution in [2.45, 2.75) is 12.8 Å². The molecule has 0 bridgehead atoms. The minimum Gasteiger partial charge on any atom is -0.494 e. The van der Waals surface area contributed by atoms with Gasteiger partial charge >= 0.3 is 0 Å². The number of amides is 2. The molecule has 6 heterocycles. The van der Waals surface area contributed by atoms with Crippen LogP contribution in [0.25, 0.3) is 16.6 Å². The number of anilines is 1. The van der Waals surface area contributed by atoms with Gasteiger partial charge in [0.25, 0.3) is 0 Å². The minimum absolute atomic E-state index is 0.0732. The number of hydrogen-bond donors (Lipinski definition) is 0. The lowest BCUT2D eigenvalue weighted by Crippen LogP contribution is -2.63. The van der Waals surface area contributed by atoms with Gasteiger partial charge < -0.3 is 19.4 Å². The van der Waals surface area contributed by atoms with Gasteiger partial charge in [0.05, 0.1) is 19.2 Å². The third-order valence-electron chi connectivity index (χ3n) is 8.23. The van der Waals surface area contributed by atoms with Crippen molar-refractivity contribution in [3.63, 3.8) is 0 Å². The highest BCUT2D eigenvalue weighted by Crippen LogP contribution is 2.42. The number of nitrogens with zero attached hydrogens (tertiary/aromatic N) is 7. The lowest BCUT2D eigenvalue weighted by Gasteiger charge is -2.55. The molecule has 1 spiro atoms. The van der Waals surface area contributed by atoms with Gasteiger partial charge in [0, 0.05) is 68.2 Å². The van der Waals surface area contributed by atoms with Crippen LogP contribution in [0.3, 0.4) is 0 Å². The summed E-state index contributed by atoms with van der Waals surface area (Å²) in [6.45, 7) is 7.95. The average Bonchev–Trinajstić information content (AvgIpc) is 3.33. The first-order chi connectivity index (χ1) is 18.4. The number of aromatic nitrogens is 3. The van der Waals surface area contributed by atoms with Crippen LogP contribution in [-0.2, 0) is 9.59 Å². The van der Waals surface area contributed by atoms with Crippen LogP contribution in [0.1, 0.15) is 18.4 Å². The fourth-order valence-corrected chi connectivity index (χ4v) is 5.87. The molecule has 10 heteroatoms. The third-order valence-corrected chi connectivity index (χ3v) is 8.23. The van der Waals surface area contributed by atoms with Gasteiger partial charge in [0.2, 0.25) is 11.8 Å². The second-order valence-electron chi connectivity index (χ2n) is 10.5.